The number of para-hydroxylation sites is 1. The Morgan fingerprint density at radius 2 is 1.05 bits per heavy atom. The van der Waals surface area contributed by atoms with Gasteiger partial charge in [-0.05, 0) is 48.0 Å². The maximum absolute atomic E-state index is 13.7. The number of halogens is 7. The molecule has 0 fully saturated rings. The molecule has 0 radical (unpaired) electrons. The molecule has 0 heterocycles. The van der Waals surface area contributed by atoms with Crippen LogP contribution >= 0.6 is 0 Å². The Balaban J connectivity index is 0.000000227. The second kappa shape index (κ2) is 13.6. The molecule has 0 spiro atoms. The molecular formula is C27H18F7NO4. The van der Waals surface area contributed by atoms with E-state index in [0.717, 1.165) is 12.1 Å². The van der Waals surface area contributed by atoms with Gasteiger partial charge in [0.2, 0.25) is 0 Å². The second-order valence-corrected chi connectivity index (χ2v) is 7.51. The van der Waals surface area contributed by atoms with Gasteiger partial charge < -0.3 is 15.9 Å². The van der Waals surface area contributed by atoms with Gasteiger partial charge in [0.15, 0.2) is 29.1 Å². The third-order valence-corrected chi connectivity index (χ3v) is 4.92. The fourth-order valence-corrected chi connectivity index (χ4v) is 2.96. The van der Waals surface area contributed by atoms with Crippen LogP contribution in [0.25, 0.3) is 0 Å². The zero-order valence-electron chi connectivity index (χ0n) is 19.6. The Morgan fingerprint density at radius 1 is 0.564 bits per heavy atom. The number of hydrogen-bond donors (Lipinski definition) is 3. The summed E-state index contributed by atoms with van der Waals surface area (Å²) in [6, 6.07) is 14.6. The monoisotopic (exact) mass is 553 g/mol. The number of nitrogens with two attached hydrogens (primary N) is 1. The minimum atomic E-state index is -1.77. The summed E-state index contributed by atoms with van der Waals surface area (Å²) >= 11 is 0. The molecule has 4 aromatic carbocycles. The fraction of sp³-hybridized carbons (Fsp3) is 0.0370. The predicted molar refractivity (Wildman–Crippen MR) is 127 cm³/mol. The molecule has 0 aliphatic carbocycles. The molecule has 0 aliphatic rings. The smallest absolute Gasteiger partial charge is 0.338 e. The van der Waals surface area contributed by atoms with Crippen molar-refractivity contribution in [2.45, 2.75) is 6.42 Å². The van der Waals surface area contributed by atoms with E-state index in [1.165, 1.54) is 36.4 Å². The van der Waals surface area contributed by atoms with Crippen LogP contribution in [0, 0.1) is 40.7 Å². The second-order valence-electron chi connectivity index (χ2n) is 7.51. The van der Waals surface area contributed by atoms with Gasteiger partial charge in [-0.25, -0.2) is 40.3 Å². The lowest BCUT2D eigenvalue weighted by molar-refractivity contribution is 0.0681. The van der Waals surface area contributed by atoms with Crippen LogP contribution in [0.2, 0.25) is 0 Å². The Morgan fingerprint density at radius 3 is 1.54 bits per heavy atom. The molecule has 39 heavy (non-hydrogen) atoms. The van der Waals surface area contributed by atoms with E-state index in [2.05, 4.69) is 0 Å². The topological polar surface area (TPSA) is 101 Å². The first kappa shape index (κ1) is 30.4. The number of rotatable bonds is 4. The van der Waals surface area contributed by atoms with Crippen LogP contribution in [0.3, 0.4) is 0 Å². The standard InChI is InChI=1S/C14H9F3O2.C7H3F3O2.C6H6FN/c15-11-4-2-1-3-8(11)7-10-9(14(18)19)5-6-12(16)13(10)17;8-4-2-1-3(7(11)12)5(9)6(4)10;7-5-3-1-2-4-6(5)8/h1-6H,7H2,(H,18,19);1-2H,(H,11,12);1-4H,8H2. The van der Waals surface area contributed by atoms with E-state index in [-0.39, 0.29) is 34.6 Å². The van der Waals surface area contributed by atoms with Crippen molar-refractivity contribution in [3.8, 4) is 0 Å². The molecule has 0 aliphatic heterocycles. The van der Waals surface area contributed by atoms with Gasteiger partial charge >= 0.3 is 11.9 Å². The van der Waals surface area contributed by atoms with Crippen molar-refractivity contribution in [3.05, 3.63) is 136 Å². The zero-order chi connectivity index (χ0) is 29.3. The van der Waals surface area contributed by atoms with Gasteiger partial charge in [0.05, 0.1) is 16.8 Å². The molecule has 0 unspecified atom stereocenters. The molecule has 0 atom stereocenters. The molecule has 0 aromatic heterocycles. The molecule has 4 N–H and O–H groups in total. The quantitative estimate of drug-likeness (QED) is 0.150. The number of aromatic carboxylic acids is 2. The number of carboxylic acids is 2. The average Bonchev–Trinajstić information content (AvgIpc) is 2.89. The minimum absolute atomic E-state index is 0.106. The number of anilines is 1. The van der Waals surface area contributed by atoms with Crippen molar-refractivity contribution in [1.29, 1.82) is 0 Å². The highest BCUT2D eigenvalue weighted by atomic mass is 19.2. The highest BCUT2D eigenvalue weighted by molar-refractivity contribution is 5.89. The summed E-state index contributed by atoms with van der Waals surface area (Å²) in [5.74, 6) is -11.2. The van der Waals surface area contributed by atoms with Crippen LogP contribution in [0.4, 0.5) is 36.4 Å². The molecule has 4 aromatic rings. The molecule has 4 rings (SSSR count). The number of hydrogen-bond acceptors (Lipinski definition) is 3. The Hall–Kier alpha value is -4.87. The predicted octanol–water partition coefficient (Wildman–Crippen LogP) is 6.60. The van der Waals surface area contributed by atoms with Gasteiger partial charge in [-0.2, -0.15) is 0 Å². The summed E-state index contributed by atoms with van der Waals surface area (Å²) in [5.41, 5.74) is 3.84. The van der Waals surface area contributed by atoms with Crippen molar-refractivity contribution in [3.63, 3.8) is 0 Å². The van der Waals surface area contributed by atoms with Gasteiger partial charge in [-0.3, -0.25) is 0 Å². The zero-order valence-corrected chi connectivity index (χ0v) is 19.6. The van der Waals surface area contributed by atoms with Crippen LogP contribution in [-0.4, -0.2) is 22.2 Å². The minimum Gasteiger partial charge on any atom is -0.478 e. The van der Waals surface area contributed by atoms with E-state index in [4.69, 9.17) is 15.9 Å². The lowest BCUT2D eigenvalue weighted by atomic mass is 9.98. The van der Waals surface area contributed by atoms with Crippen LogP contribution in [0.5, 0.6) is 0 Å². The maximum atomic E-state index is 13.7. The van der Waals surface area contributed by atoms with Crippen molar-refractivity contribution < 1.29 is 50.5 Å². The molecule has 0 saturated carbocycles. The van der Waals surface area contributed by atoms with Crippen molar-refractivity contribution in [2.75, 3.05) is 5.73 Å². The van der Waals surface area contributed by atoms with Crippen molar-refractivity contribution in [1.82, 2.24) is 0 Å². The maximum Gasteiger partial charge on any atom is 0.338 e. The summed E-state index contributed by atoms with van der Waals surface area (Å²) < 4.78 is 89.6. The summed E-state index contributed by atoms with van der Waals surface area (Å²) in [7, 11) is 0. The van der Waals surface area contributed by atoms with E-state index in [0.29, 0.717) is 12.1 Å². The largest absolute Gasteiger partial charge is 0.478 e. The molecule has 204 valence electrons. The van der Waals surface area contributed by atoms with Crippen LogP contribution in [0.15, 0.2) is 72.8 Å². The number of carbonyl (C=O) groups is 2. The van der Waals surface area contributed by atoms with Crippen molar-refractivity contribution in [2.24, 2.45) is 0 Å². The number of benzene rings is 4. The van der Waals surface area contributed by atoms with Gasteiger partial charge in [0.25, 0.3) is 0 Å². The average molecular weight is 553 g/mol. The third-order valence-electron chi connectivity index (χ3n) is 4.92. The van der Waals surface area contributed by atoms with E-state index in [1.54, 1.807) is 12.1 Å². The van der Waals surface area contributed by atoms with E-state index >= 15 is 0 Å². The Labute approximate surface area is 216 Å². The summed E-state index contributed by atoms with van der Waals surface area (Å²) in [4.78, 5) is 21.1. The SMILES string of the molecule is Nc1ccccc1F.O=C(O)c1ccc(F)c(F)c1Cc1ccccc1F.O=C(O)c1ccc(F)c(F)c1F. The first-order valence-corrected chi connectivity index (χ1v) is 10.7. The third kappa shape index (κ3) is 8.06. The van der Waals surface area contributed by atoms with Crippen molar-refractivity contribution >= 4 is 17.6 Å². The van der Waals surface area contributed by atoms with Crippen LogP contribution in [0.1, 0.15) is 31.8 Å². The van der Waals surface area contributed by atoms with E-state index in [1.807, 2.05) is 0 Å². The summed E-state index contributed by atoms with van der Waals surface area (Å²) in [6.07, 6.45) is -0.322. The van der Waals surface area contributed by atoms with E-state index < -0.39 is 52.4 Å². The van der Waals surface area contributed by atoms with E-state index in [9.17, 15) is 40.3 Å². The van der Waals surface area contributed by atoms with Gasteiger partial charge in [-0.15, -0.1) is 0 Å². The first-order chi connectivity index (χ1) is 18.3. The normalized spacial score (nSPS) is 10.0. The molecule has 0 saturated heterocycles. The molecule has 5 nitrogen and oxygen atoms in total. The molecule has 0 bridgehead atoms. The molecule has 12 heteroatoms. The summed E-state index contributed by atoms with van der Waals surface area (Å²) in [6.45, 7) is 0. The molecular weight excluding hydrogens is 535 g/mol. The Bertz CT molecular complexity index is 1470. The fourth-order valence-electron chi connectivity index (χ4n) is 2.96. The highest BCUT2D eigenvalue weighted by Crippen LogP contribution is 2.22. The molecule has 0 amide bonds. The first-order valence-electron chi connectivity index (χ1n) is 10.7. The summed E-state index contributed by atoms with van der Waals surface area (Å²) in [5, 5.41) is 17.2. The number of nitrogen functional groups attached to an aromatic ring is 1. The van der Waals surface area contributed by atoms with Gasteiger partial charge in [0.1, 0.15) is 11.6 Å². The number of carboxylic acid groups (broad SMARTS) is 2. The van der Waals surface area contributed by atoms with Crippen LogP contribution < -0.4 is 5.73 Å². The Kier molecular flexibility index (Phi) is 10.6. The lowest BCUT2D eigenvalue weighted by Crippen LogP contribution is -2.08. The van der Waals surface area contributed by atoms with Gasteiger partial charge in [-0.1, -0.05) is 30.3 Å². The van der Waals surface area contributed by atoms with Gasteiger partial charge in [0, 0.05) is 12.0 Å². The highest BCUT2D eigenvalue weighted by Gasteiger charge is 2.19. The lowest BCUT2D eigenvalue weighted by Gasteiger charge is -2.09. The van der Waals surface area contributed by atoms with Crippen LogP contribution in [-0.2, 0) is 6.42 Å².